The molecule has 1 aromatic heterocycles. The normalized spacial score (nSPS) is 19.4. The molecule has 1 aliphatic carbocycles. The van der Waals surface area contributed by atoms with Crippen LogP contribution in [-0.4, -0.2) is 37.2 Å². The van der Waals surface area contributed by atoms with Crippen LogP contribution >= 0.6 is 0 Å². The maximum atomic E-state index is 10.6. The van der Waals surface area contributed by atoms with Gasteiger partial charge in [0.15, 0.2) is 0 Å². The van der Waals surface area contributed by atoms with Crippen LogP contribution in [0.1, 0.15) is 24.6 Å². The second kappa shape index (κ2) is 4.18. The predicted molar refractivity (Wildman–Crippen MR) is 53.3 cm³/mol. The molecule has 1 saturated carbocycles. The Hall–Kier alpha value is -1.47. The first-order valence-electron chi connectivity index (χ1n) is 5.14. The van der Waals surface area contributed by atoms with Crippen molar-refractivity contribution in [2.45, 2.75) is 31.5 Å². The topological polar surface area (TPSA) is 114 Å². The molecule has 1 aromatic rings. The summed E-state index contributed by atoms with van der Waals surface area (Å²) in [4.78, 5) is 10.6. The molecule has 1 fully saturated rings. The van der Waals surface area contributed by atoms with Gasteiger partial charge in [-0.1, -0.05) is 5.21 Å². The van der Waals surface area contributed by atoms with Crippen molar-refractivity contribution in [3.8, 4) is 0 Å². The Balaban J connectivity index is 2.02. The van der Waals surface area contributed by atoms with E-state index in [1.807, 2.05) is 0 Å². The SMILES string of the molecule is NC(C(=O)O)C(O)c1cn(CC2CC2)nn1. The molecule has 1 heterocycles. The van der Waals surface area contributed by atoms with Gasteiger partial charge in [-0.25, -0.2) is 0 Å². The van der Waals surface area contributed by atoms with Crippen molar-refractivity contribution in [3.05, 3.63) is 11.9 Å². The summed E-state index contributed by atoms with van der Waals surface area (Å²) in [5.41, 5.74) is 5.49. The summed E-state index contributed by atoms with van der Waals surface area (Å²) >= 11 is 0. The summed E-state index contributed by atoms with van der Waals surface area (Å²) in [5, 5.41) is 25.8. The Bertz CT molecular complexity index is 388. The summed E-state index contributed by atoms with van der Waals surface area (Å²) < 4.78 is 1.62. The van der Waals surface area contributed by atoms with Crippen molar-refractivity contribution in [1.29, 1.82) is 0 Å². The van der Waals surface area contributed by atoms with Crippen LogP contribution in [0.15, 0.2) is 6.20 Å². The fourth-order valence-electron chi connectivity index (χ4n) is 1.42. The lowest BCUT2D eigenvalue weighted by molar-refractivity contribution is -0.141. The van der Waals surface area contributed by atoms with Crippen molar-refractivity contribution < 1.29 is 15.0 Å². The maximum absolute atomic E-state index is 10.6. The molecule has 0 amide bonds. The van der Waals surface area contributed by atoms with E-state index in [0.29, 0.717) is 5.92 Å². The van der Waals surface area contributed by atoms with Crippen LogP contribution in [0.3, 0.4) is 0 Å². The van der Waals surface area contributed by atoms with Crippen LogP contribution in [0.2, 0.25) is 0 Å². The molecule has 0 saturated heterocycles. The second-order valence-electron chi connectivity index (χ2n) is 4.12. The van der Waals surface area contributed by atoms with Crippen molar-refractivity contribution >= 4 is 5.97 Å². The largest absolute Gasteiger partial charge is 0.480 e. The summed E-state index contributed by atoms with van der Waals surface area (Å²) in [7, 11) is 0. The molecule has 0 spiro atoms. The molecule has 7 nitrogen and oxygen atoms in total. The predicted octanol–water partition coefficient (Wildman–Crippen LogP) is -0.867. The van der Waals surface area contributed by atoms with Crippen LogP contribution in [0.4, 0.5) is 0 Å². The number of carboxylic acids is 1. The Morgan fingerprint density at radius 1 is 1.69 bits per heavy atom. The first kappa shape index (κ1) is 11.0. The van der Waals surface area contributed by atoms with E-state index in [9.17, 15) is 9.90 Å². The van der Waals surface area contributed by atoms with Crippen molar-refractivity contribution in [2.75, 3.05) is 0 Å². The molecule has 4 N–H and O–H groups in total. The zero-order chi connectivity index (χ0) is 11.7. The molecule has 0 aliphatic heterocycles. The number of nitrogens with two attached hydrogens (primary N) is 1. The summed E-state index contributed by atoms with van der Waals surface area (Å²) in [6, 6.07) is -1.37. The summed E-state index contributed by atoms with van der Waals surface area (Å²) in [5.74, 6) is -0.621. The van der Waals surface area contributed by atoms with Gasteiger partial charge in [-0.15, -0.1) is 5.10 Å². The minimum atomic E-state index is -1.37. The van der Waals surface area contributed by atoms with Crippen molar-refractivity contribution in [3.63, 3.8) is 0 Å². The van der Waals surface area contributed by atoms with E-state index in [1.54, 1.807) is 10.9 Å². The smallest absolute Gasteiger partial charge is 0.323 e. The van der Waals surface area contributed by atoms with E-state index in [1.165, 1.54) is 12.8 Å². The third kappa shape index (κ3) is 2.37. The van der Waals surface area contributed by atoms with E-state index in [4.69, 9.17) is 10.8 Å². The Morgan fingerprint density at radius 3 is 2.94 bits per heavy atom. The molecular formula is C9H14N4O3. The third-order valence-electron chi connectivity index (χ3n) is 2.63. The van der Waals surface area contributed by atoms with Crippen LogP contribution < -0.4 is 5.73 Å². The molecule has 2 unspecified atom stereocenters. The quantitative estimate of drug-likeness (QED) is 0.601. The van der Waals surface area contributed by atoms with Gasteiger partial charge >= 0.3 is 5.97 Å². The van der Waals surface area contributed by atoms with E-state index in [0.717, 1.165) is 6.54 Å². The third-order valence-corrected chi connectivity index (χ3v) is 2.63. The van der Waals surface area contributed by atoms with E-state index in [-0.39, 0.29) is 5.69 Å². The number of carboxylic acid groups (broad SMARTS) is 1. The number of aliphatic carboxylic acids is 1. The number of hydrogen-bond donors (Lipinski definition) is 3. The highest BCUT2D eigenvalue weighted by molar-refractivity contribution is 5.74. The van der Waals surface area contributed by atoms with Crippen LogP contribution in [0.5, 0.6) is 0 Å². The highest BCUT2D eigenvalue weighted by atomic mass is 16.4. The van der Waals surface area contributed by atoms with E-state index < -0.39 is 18.1 Å². The zero-order valence-corrected chi connectivity index (χ0v) is 8.65. The zero-order valence-electron chi connectivity index (χ0n) is 8.65. The molecule has 2 atom stereocenters. The highest BCUT2D eigenvalue weighted by Gasteiger charge is 2.27. The van der Waals surface area contributed by atoms with Crippen molar-refractivity contribution in [1.82, 2.24) is 15.0 Å². The molecule has 16 heavy (non-hydrogen) atoms. The Morgan fingerprint density at radius 2 is 2.38 bits per heavy atom. The van der Waals surface area contributed by atoms with Gasteiger partial charge < -0.3 is 15.9 Å². The average molecular weight is 226 g/mol. The fourth-order valence-corrected chi connectivity index (χ4v) is 1.42. The standard InChI is InChI=1S/C9H14N4O3/c10-7(9(15)16)8(14)6-4-13(12-11-6)3-5-1-2-5/h4-5,7-8,14H,1-3,10H2,(H,15,16). The van der Waals surface area contributed by atoms with Gasteiger partial charge in [-0.05, 0) is 18.8 Å². The minimum absolute atomic E-state index is 0.204. The lowest BCUT2D eigenvalue weighted by atomic mass is 10.1. The monoisotopic (exact) mass is 226 g/mol. The molecular weight excluding hydrogens is 212 g/mol. The average Bonchev–Trinajstić information content (AvgIpc) is 2.92. The Kier molecular flexibility index (Phi) is 2.88. The number of aliphatic hydroxyl groups excluding tert-OH is 1. The summed E-state index contributed by atoms with van der Waals surface area (Å²) in [6.45, 7) is 0.766. The summed E-state index contributed by atoms with van der Waals surface area (Å²) in [6.07, 6.45) is 2.61. The fraction of sp³-hybridized carbons (Fsp3) is 0.667. The van der Waals surface area contributed by atoms with Crippen molar-refractivity contribution in [2.24, 2.45) is 11.7 Å². The van der Waals surface area contributed by atoms with Crippen LogP contribution in [-0.2, 0) is 11.3 Å². The molecule has 0 radical (unpaired) electrons. The molecule has 2 rings (SSSR count). The number of nitrogens with zero attached hydrogens (tertiary/aromatic N) is 3. The van der Waals surface area contributed by atoms with Gasteiger partial charge in [-0.3, -0.25) is 9.48 Å². The van der Waals surface area contributed by atoms with Crippen LogP contribution in [0, 0.1) is 5.92 Å². The lowest BCUT2D eigenvalue weighted by Gasteiger charge is -2.11. The van der Waals surface area contributed by atoms with E-state index >= 15 is 0 Å². The first-order valence-corrected chi connectivity index (χ1v) is 5.14. The number of aliphatic hydroxyl groups is 1. The molecule has 0 aromatic carbocycles. The first-order chi connectivity index (χ1) is 7.58. The second-order valence-corrected chi connectivity index (χ2v) is 4.12. The number of hydrogen-bond acceptors (Lipinski definition) is 5. The Labute approximate surface area is 91.9 Å². The lowest BCUT2D eigenvalue weighted by Crippen LogP contribution is -2.36. The molecule has 88 valence electrons. The number of carbonyl (C=O) groups is 1. The highest BCUT2D eigenvalue weighted by Crippen LogP contribution is 2.30. The number of aromatic nitrogens is 3. The molecule has 7 heteroatoms. The van der Waals surface area contributed by atoms with E-state index in [2.05, 4.69) is 10.3 Å². The van der Waals surface area contributed by atoms with Crippen LogP contribution in [0.25, 0.3) is 0 Å². The molecule has 1 aliphatic rings. The van der Waals surface area contributed by atoms with Gasteiger partial charge in [0, 0.05) is 6.54 Å². The maximum Gasteiger partial charge on any atom is 0.323 e. The van der Waals surface area contributed by atoms with Gasteiger partial charge in [0.05, 0.1) is 6.20 Å². The van der Waals surface area contributed by atoms with Gasteiger partial charge in [-0.2, -0.15) is 0 Å². The van der Waals surface area contributed by atoms with Gasteiger partial charge in [0.1, 0.15) is 17.8 Å². The van der Waals surface area contributed by atoms with Gasteiger partial charge in [0.2, 0.25) is 0 Å². The van der Waals surface area contributed by atoms with Gasteiger partial charge in [0.25, 0.3) is 0 Å². The number of rotatable bonds is 5. The molecule has 0 bridgehead atoms. The minimum Gasteiger partial charge on any atom is -0.480 e.